The van der Waals surface area contributed by atoms with Crippen molar-refractivity contribution in [2.24, 2.45) is 5.92 Å². The Morgan fingerprint density at radius 2 is 2.11 bits per heavy atom. The molecule has 0 aromatic carbocycles. The standard InChI is InChI=1S/C13H19N3O3/c1-9(2)6-15-12(17)8-14-7-10-4-3-5-11(16-10)13(18)19/h3-5,9,14H,6-8H2,1-2H3,(H,15,17)(H,18,19). The molecule has 1 aromatic heterocycles. The van der Waals surface area contributed by atoms with Gasteiger partial charge in [0.05, 0.1) is 12.2 Å². The molecule has 0 spiro atoms. The molecule has 1 amide bonds. The molecule has 3 N–H and O–H groups in total. The third kappa shape index (κ3) is 5.96. The molecule has 0 radical (unpaired) electrons. The van der Waals surface area contributed by atoms with E-state index in [4.69, 9.17) is 5.11 Å². The van der Waals surface area contributed by atoms with Gasteiger partial charge in [-0.1, -0.05) is 19.9 Å². The Morgan fingerprint density at radius 1 is 1.37 bits per heavy atom. The summed E-state index contributed by atoms with van der Waals surface area (Å²) in [6.45, 7) is 5.24. The van der Waals surface area contributed by atoms with Crippen LogP contribution < -0.4 is 10.6 Å². The minimum Gasteiger partial charge on any atom is -0.477 e. The minimum atomic E-state index is -1.06. The van der Waals surface area contributed by atoms with Crippen LogP contribution in [0.2, 0.25) is 0 Å². The molecule has 0 bridgehead atoms. The topological polar surface area (TPSA) is 91.3 Å². The third-order valence-electron chi connectivity index (χ3n) is 2.33. The first kappa shape index (κ1) is 15.1. The van der Waals surface area contributed by atoms with Gasteiger partial charge in [0.1, 0.15) is 5.69 Å². The van der Waals surface area contributed by atoms with Gasteiger partial charge in [-0.05, 0) is 18.1 Å². The van der Waals surface area contributed by atoms with Crippen molar-refractivity contribution in [2.75, 3.05) is 13.1 Å². The number of carbonyl (C=O) groups is 2. The van der Waals surface area contributed by atoms with Crippen molar-refractivity contribution >= 4 is 11.9 Å². The van der Waals surface area contributed by atoms with Crippen LogP contribution in [-0.2, 0) is 11.3 Å². The Morgan fingerprint density at radius 3 is 2.74 bits per heavy atom. The number of hydrogen-bond donors (Lipinski definition) is 3. The molecule has 0 aliphatic heterocycles. The Bertz CT molecular complexity index is 447. The molecule has 1 rings (SSSR count). The summed E-state index contributed by atoms with van der Waals surface area (Å²) in [7, 11) is 0. The van der Waals surface area contributed by atoms with Crippen LogP contribution in [0, 0.1) is 5.92 Å². The van der Waals surface area contributed by atoms with Crippen molar-refractivity contribution in [3.05, 3.63) is 29.6 Å². The summed E-state index contributed by atoms with van der Waals surface area (Å²) in [4.78, 5) is 26.1. The number of aromatic nitrogens is 1. The van der Waals surface area contributed by atoms with Crippen LogP contribution in [0.25, 0.3) is 0 Å². The number of carbonyl (C=O) groups excluding carboxylic acids is 1. The number of nitrogens with zero attached hydrogens (tertiary/aromatic N) is 1. The summed E-state index contributed by atoms with van der Waals surface area (Å²) in [6, 6.07) is 4.78. The first-order valence-electron chi connectivity index (χ1n) is 6.15. The SMILES string of the molecule is CC(C)CNC(=O)CNCc1cccc(C(=O)O)n1. The van der Waals surface area contributed by atoms with Crippen LogP contribution in [0.4, 0.5) is 0 Å². The van der Waals surface area contributed by atoms with Crippen LogP contribution in [0.3, 0.4) is 0 Å². The number of carboxylic acids is 1. The minimum absolute atomic E-state index is 0.00330. The van der Waals surface area contributed by atoms with Gasteiger partial charge in [0, 0.05) is 13.1 Å². The van der Waals surface area contributed by atoms with Crippen molar-refractivity contribution in [3.8, 4) is 0 Å². The maximum Gasteiger partial charge on any atom is 0.354 e. The molecule has 1 aromatic rings. The van der Waals surface area contributed by atoms with E-state index in [1.807, 2.05) is 13.8 Å². The maximum absolute atomic E-state index is 11.4. The van der Waals surface area contributed by atoms with Gasteiger partial charge in [-0.25, -0.2) is 9.78 Å². The zero-order chi connectivity index (χ0) is 14.3. The van der Waals surface area contributed by atoms with E-state index in [-0.39, 0.29) is 18.1 Å². The van der Waals surface area contributed by atoms with Crippen LogP contribution in [0.15, 0.2) is 18.2 Å². The van der Waals surface area contributed by atoms with E-state index in [9.17, 15) is 9.59 Å². The van der Waals surface area contributed by atoms with E-state index in [0.717, 1.165) is 0 Å². The summed E-state index contributed by atoms with van der Waals surface area (Å²) in [6.07, 6.45) is 0. The second kappa shape index (κ2) is 7.48. The Labute approximate surface area is 112 Å². The first-order valence-corrected chi connectivity index (χ1v) is 6.15. The number of hydrogen-bond acceptors (Lipinski definition) is 4. The number of carboxylic acid groups (broad SMARTS) is 1. The molecule has 0 saturated carbocycles. The van der Waals surface area contributed by atoms with E-state index in [1.54, 1.807) is 12.1 Å². The van der Waals surface area contributed by atoms with Crippen molar-refractivity contribution in [3.63, 3.8) is 0 Å². The van der Waals surface area contributed by atoms with Crippen LogP contribution in [0.1, 0.15) is 30.0 Å². The summed E-state index contributed by atoms with van der Waals surface area (Å²) in [5.41, 5.74) is 0.597. The quantitative estimate of drug-likeness (QED) is 0.673. The van der Waals surface area contributed by atoms with E-state index in [0.29, 0.717) is 24.7 Å². The lowest BCUT2D eigenvalue weighted by molar-refractivity contribution is -0.120. The lowest BCUT2D eigenvalue weighted by atomic mass is 10.2. The summed E-state index contributed by atoms with van der Waals surface area (Å²) in [5.74, 6) is -0.725. The number of nitrogens with one attached hydrogen (secondary N) is 2. The van der Waals surface area contributed by atoms with Crippen molar-refractivity contribution in [2.45, 2.75) is 20.4 Å². The zero-order valence-electron chi connectivity index (χ0n) is 11.1. The Kier molecular flexibility index (Phi) is 5.95. The molecule has 0 aliphatic carbocycles. The first-order chi connectivity index (χ1) is 8.99. The second-order valence-electron chi connectivity index (χ2n) is 4.62. The highest BCUT2D eigenvalue weighted by Crippen LogP contribution is 1.99. The predicted molar refractivity (Wildman–Crippen MR) is 70.8 cm³/mol. The van der Waals surface area contributed by atoms with E-state index < -0.39 is 5.97 Å². The highest BCUT2D eigenvalue weighted by molar-refractivity contribution is 5.85. The van der Waals surface area contributed by atoms with Gasteiger partial charge in [0.25, 0.3) is 0 Å². The lowest BCUT2D eigenvalue weighted by Gasteiger charge is -2.08. The largest absolute Gasteiger partial charge is 0.477 e. The fourth-order valence-corrected chi connectivity index (χ4v) is 1.38. The zero-order valence-corrected chi connectivity index (χ0v) is 11.1. The molecule has 6 nitrogen and oxygen atoms in total. The van der Waals surface area contributed by atoms with Gasteiger partial charge in [0.15, 0.2) is 0 Å². The monoisotopic (exact) mass is 265 g/mol. The van der Waals surface area contributed by atoms with Gasteiger partial charge < -0.3 is 15.7 Å². The van der Waals surface area contributed by atoms with Gasteiger partial charge in [-0.3, -0.25) is 4.79 Å². The molecule has 0 aliphatic rings. The van der Waals surface area contributed by atoms with Crippen molar-refractivity contribution in [1.82, 2.24) is 15.6 Å². The van der Waals surface area contributed by atoms with E-state index in [1.165, 1.54) is 6.07 Å². The molecular formula is C13H19N3O3. The molecular weight excluding hydrogens is 246 g/mol. The summed E-state index contributed by atoms with van der Waals surface area (Å²) >= 11 is 0. The molecule has 0 fully saturated rings. The number of rotatable bonds is 7. The van der Waals surface area contributed by atoms with Gasteiger partial charge in [-0.15, -0.1) is 0 Å². The normalized spacial score (nSPS) is 10.5. The fourth-order valence-electron chi connectivity index (χ4n) is 1.38. The molecule has 0 saturated heterocycles. The average Bonchev–Trinajstić information content (AvgIpc) is 2.36. The predicted octanol–water partition coefficient (Wildman–Crippen LogP) is 0.642. The Hall–Kier alpha value is -1.95. The molecule has 6 heteroatoms. The fraction of sp³-hybridized carbons (Fsp3) is 0.462. The molecule has 1 heterocycles. The van der Waals surface area contributed by atoms with Gasteiger partial charge in [-0.2, -0.15) is 0 Å². The van der Waals surface area contributed by atoms with E-state index >= 15 is 0 Å². The molecule has 19 heavy (non-hydrogen) atoms. The number of amides is 1. The molecule has 0 atom stereocenters. The van der Waals surface area contributed by atoms with Gasteiger partial charge >= 0.3 is 5.97 Å². The average molecular weight is 265 g/mol. The van der Waals surface area contributed by atoms with Crippen molar-refractivity contribution < 1.29 is 14.7 Å². The van der Waals surface area contributed by atoms with Crippen molar-refractivity contribution in [1.29, 1.82) is 0 Å². The van der Waals surface area contributed by atoms with E-state index in [2.05, 4.69) is 15.6 Å². The molecule has 104 valence electrons. The number of pyridine rings is 1. The highest BCUT2D eigenvalue weighted by atomic mass is 16.4. The van der Waals surface area contributed by atoms with Gasteiger partial charge in [0.2, 0.25) is 5.91 Å². The summed E-state index contributed by atoms with van der Waals surface area (Å²) < 4.78 is 0. The smallest absolute Gasteiger partial charge is 0.354 e. The maximum atomic E-state index is 11.4. The van der Waals surface area contributed by atoms with Crippen LogP contribution in [0.5, 0.6) is 0 Å². The number of aromatic carboxylic acids is 1. The lowest BCUT2D eigenvalue weighted by Crippen LogP contribution is -2.35. The third-order valence-corrected chi connectivity index (χ3v) is 2.33. The van der Waals surface area contributed by atoms with Crippen LogP contribution in [-0.4, -0.2) is 35.1 Å². The molecule has 0 unspecified atom stereocenters. The second-order valence-corrected chi connectivity index (χ2v) is 4.62. The van der Waals surface area contributed by atoms with Crippen LogP contribution >= 0.6 is 0 Å². The Balaban J connectivity index is 2.35. The summed E-state index contributed by atoms with van der Waals surface area (Å²) in [5, 5.41) is 14.5. The highest BCUT2D eigenvalue weighted by Gasteiger charge is 2.06.